The highest BCUT2D eigenvalue weighted by molar-refractivity contribution is 5.38. The van der Waals surface area contributed by atoms with Gasteiger partial charge in [0.15, 0.2) is 0 Å². The summed E-state index contributed by atoms with van der Waals surface area (Å²) >= 11 is 0. The Morgan fingerprint density at radius 2 is 1.39 bits per heavy atom. The Bertz CT molecular complexity index is 823. The molecule has 0 aromatic rings. The first-order valence-corrected chi connectivity index (χ1v) is 9.55. The molecule has 0 aromatic carbocycles. The van der Waals surface area contributed by atoms with E-state index in [9.17, 15) is 10.5 Å². The van der Waals surface area contributed by atoms with Gasteiger partial charge in [0.2, 0.25) is 5.88 Å². The summed E-state index contributed by atoms with van der Waals surface area (Å²) in [7, 11) is 1.58. The van der Waals surface area contributed by atoms with Crippen molar-refractivity contribution < 1.29 is 14.2 Å². The zero-order chi connectivity index (χ0) is 21.9. The van der Waals surface area contributed by atoms with Gasteiger partial charge in [-0.05, 0) is 27.7 Å². The molecular formula is C22H33N3O3. The summed E-state index contributed by atoms with van der Waals surface area (Å²) in [6, 6.07) is 4.54. The van der Waals surface area contributed by atoms with Crippen LogP contribution in [0.3, 0.4) is 0 Å². The van der Waals surface area contributed by atoms with Crippen molar-refractivity contribution in [2.75, 3.05) is 7.11 Å². The molecule has 2 saturated heterocycles. The lowest BCUT2D eigenvalue weighted by Crippen LogP contribution is -2.85. The fourth-order valence-corrected chi connectivity index (χ4v) is 3.81. The molecule has 1 atom stereocenters. The minimum absolute atomic E-state index is 0.101. The standard InChI is InChI=1S/C22H33N3O3/c1-18(2,3)14(12-23)16-25-21(9,10)20(7,8)22(25,26-11)28-17(27-16)15(13-24)19(4,5)6/h1-11H3/b16-14+,17-15+. The largest absolute Gasteiger partial charge is 0.411 e. The number of allylic oxidation sites excluding steroid dienone is 2. The van der Waals surface area contributed by atoms with Crippen LogP contribution in [0.15, 0.2) is 23.0 Å². The fraction of sp³-hybridized carbons (Fsp3) is 0.727. The zero-order valence-electron chi connectivity index (χ0n) is 19.1. The molecule has 6 nitrogen and oxygen atoms in total. The highest BCUT2D eigenvalue weighted by atomic mass is 16.8. The monoisotopic (exact) mass is 387 g/mol. The van der Waals surface area contributed by atoms with E-state index in [0.29, 0.717) is 17.0 Å². The summed E-state index contributed by atoms with van der Waals surface area (Å²) in [5, 5.41) is 19.8. The van der Waals surface area contributed by atoms with Gasteiger partial charge in [0.25, 0.3) is 0 Å². The third-order valence-electron chi connectivity index (χ3n) is 6.21. The Morgan fingerprint density at radius 1 is 0.929 bits per heavy atom. The van der Waals surface area contributed by atoms with E-state index in [1.54, 1.807) is 7.11 Å². The van der Waals surface area contributed by atoms with Gasteiger partial charge < -0.3 is 14.2 Å². The Labute approximate surface area is 169 Å². The van der Waals surface area contributed by atoms with E-state index in [1.807, 2.05) is 46.4 Å². The average Bonchev–Trinajstić information content (AvgIpc) is 2.52. The molecule has 0 saturated carbocycles. The zero-order valence-corrected chi connectivity index (χ0v) is 19.1. The first kappa shape index (κ1) is 22.1. The van der Waals surface area contributed by atoms with Crippen molar-refractivity contribution in [1.29, 1.82) is 10.5 Å². The molecule has 2 aliphatic rings. The molecule has 6 heteroatoms. The van der Waals surface area contributed by atoms with Gasteiger partial charge in [-0.15, -0.1) is 0 Å². The van der Waals surface area contributed by atoms with Crippen LogP contribution in [0.25, 0.3) is 0 Å². The topological polar surface area (TPSA) is 78.5 Å². The van der Waals surface area contributed by atoms with Crippen molar-refractivity contribution in [3.63, 3.8) is 0 Å². The molecule has 28 heavy (non-hydrogen) atoms. The lowest BCUT2D eigenvalue weighted by molar-refractivity contribution is -0.476. The van der Waals surface area contributed by atoms with E-state index in [1.165, 1.54) is 0 Å². The molecule has 154 valence electrons. The van der Waals surface area contributed by atoms with Crippen LogP contribution in [0.4, 0.5) is 0 Å². The van der Waals surface area contributed by atoms with Gasteiger partial charge in [0.05, 0.1) is 16.5 Å². The number of nitrogens with zero attached hydrogens (tertiary/aromatic N) is 3. The molecule has 2 aliphatic heterocycles. The Kier molecular flexibility index (Phi) is 4.86. The number of hydrogen-bond donors (Lipinski definition) is 0. The SMILES string of the molecule is COC12O/C(=C(\C#N)C(C)(C)C)O/C(=C(\C#N)C(C)(C)C)N1C(C)(C)C2(C)C. The number of fused-ring (bicyclic) bond motifs is 1. The second-order valence-electron chi connectivity index (χ2n) is 10.6. The third-order valence-corrected chi connectivity index (χ3v) is 6.21. The molecule has 0 aromatic heterocycles. The molecule has 2 fully saturated rings. The molecule has 0 N–H and O–H groups in total. The molecular weight excluding hydrogens is 354 g/mol. The van der Waals surface area contributed by atoms with Gasteiger partial charge in [0, 0.05) is 17.9 Å². The predicted octanol–water partition coefficient (Wildman–Crippen LogP) is 5.02. The summed E-state index contributed by atoms with van der Waals surface area (Å²) < 4.78 is 18.4. The highest BCUT2D eigenvalue weighted by Gasteiger charge is 2.77. The maximum atomic E-state index is 9.96. The van der Waals surface area contributed by atoms with Crippen LogP contribution in [0.2, 0.25) is 0 Å². The number of hydrogen-bond acceptors (Lipinski definition) is 6. The molecule has 0 radical (unpaired) electrons. The molecule has 0 bridgehead atoms. The number of ether oxygens (including phenoxy) is 3. The number of nitriles is 2. The maximum absolute atomic E-state index is 9.96. The normalized spacial score (nSPS) is 29.2. The number of rotatable bonds is 1. The van der Waals surface area contributed by atoms with E-state index >= 15 is 0 Å². The molecule has 2 rings (SSSR count). The first-order valence-electron chi connectivity index (χ1n) is 9.55. The van der Waals surface area contributed by atoms with Crippen molar-refractivity contribution in [2.45, 2.75) is 80.7 Å². The van der Waals surface area contributed by atoms with E-state index in [0.717, 1.165) is 0 Å². The summed E-state index contributed by atoms with van der Waals surface area (Å²) in [5.74, 6) is -0.691. The third kappa shape index (κ3) is 2.70. The van der Waals surface area contributed by atoms with E-state index in [4.69, 9.17) is 14.2 Å². The second-order valence-corrected chi connectivity index (χ2v) is 10.6. The van der Waals surface area contributed by atoms with E-state index in [-0.39, 0.29) is 5.95 Å². The van der Waals surface area contributed by atoms with E-state index in [2.05, 4.69) is 39.8 Å². The molecule has 0 aliphatic carbocycles. The van der Waals surface area contributed by atoms with Crippen LogP contribution < -0.4 is 0 Å². The minimum Gasteiger partial charge on any atom is -0.411 e. The second kappa shape index (κ2) is 6.16. The van der Waals surface area contributed by atoms with Crippen LogP contribution in [-0.2, 0) is 14.2 Å². The highest BCUT2D eigenvalue weighted by Crippen LogP contribution is 2.65. The maximum Gasteiger partial charge on any atom is 0.307 e. The van der Waals surface area contributed by atoms with Gasteiger partial charge in [0.1, 0.15) is 17.7 Å². The van der Waals surface area contributed by atoms with Gasteiger partial charge in [-0.1, -0.05) is 41.5 Å². The van der Waals surface area contributed by atoms with Gasteiger partial charge in [-0.25, -0.2) is 0 Å². The quantitative estimate of drug-likeness (QED) is 0.588. The smallest absolute Gasteiger partial charge is 0.307 e. The minimum atomic E-state index is -1.18. The van der Waals surface area contributed by atoms with Crippen molar-refractivity contribution in [1.82, 2.24) is 4.90 Å². The molecule has 0 spiro atoms. The summed E-state index contributed by atoms with van der Waals surface area (Å²) in [4.78, 5) is 1.89. The average molecular weight is 388 g/mol. The van der Waals surface area contributed by atoms with Gasteiger partial charge in [-0.2, -0.15) is 10.5 Å². The number of methoxy groups -OCH3 is 1. The van der Waals surface area contributed by atoms with Crippen LogP contribution in [0, 0.1) is 38.9 Å². The van der Waals surface area contributed by atoms with Crippen molar-refractivity contribution >= 4 is 0 Å². The van der Waals surface area contributed by atoms with Crippen molar-refractivity contribution in [2.24, 2.45) is 16.2 Å². The summed E-state index contributed by atoms with van der Waals surface area (Å²) in [5.41, 5.74) is -0.976. The first-order chi connectivity index (χ1) is 12.5. The predicted molar refractivity (Wildman–Crippen MR) is 106 cm³/mol. The summed E-state index contributed by atoms with van der Waals surface area (Å²) in [6.07, 6.45) is 0. The van der Waals surface area contributed by atoms with Crippen molar-refractivity contribution in [3.05, 3.63) is 23.0 Å². The lowest BCUT2D eigenvalue weighted by atomic mass is 9.60. The summed E-state index contributed by atoms with van der Waals surface area (Å²) in [6.45, 7) is 19.9. The Hall–Kier alpha value is -2.18. The van der Waals surface area contributed by atoms with Crippen LogP contribution in [0.5, 0.6) is 0 Å². The van der Waals surface area contributed by atoms with Gasteiger partial charge >= 0.3 is 11.9 Å². The van der Waals surface area contributed by atoms with Crippen LogP contribution in [0.1, 0.15) is 69.2 Å². The van der Waals surface area contributed by atoms with E-state index < -0.39 is 27.7 Å². The van der Waals surface area contributed by atoms with Crippen LogP contribution >= 0.6 is 0 Å². The Balaban J connectivity index is 2.91. The Morgan fingerprint density at radius 3 is 1.75 bits per heavy atom. The molecule has 2 heterocycles. The molecule has 1 unspecified atom stereocenters. The van der Waals surface area contributed by atoms with Crippen molar-refractivity contribution in [3.8, 4) is 12.1 Å². The molecule has 0 amide bonds. The van der Waals surface area contributed by atoms with Gasteiger partial charge in [-0.3, -0.25) is 4.90 Å². The fourth-order valence-electron chi connectivity index (χ4n) is 3.81. The van der Waals surface area contributed by atoms with Crippen LogP contribution in [-0.4, -0.2) is 23.5 Å². The lowest BCUT2D eigenvalue weighted by Gasteiger charge is -2.73.